The molecule has 0 saturated carbocycles. The van der Waals surface area contributed by atoms with E-state index in [0.717, 1.165) is 23.0 Å². The molecule has 0 amide bonds. The van der Waals surface area contributed by atoms with Crippen LogP contribution in [0.2, 0.25) is 0 Å². The second-order valence-corrected chi connectivity index (χ2v) is 6.17. The van der Waals surface area contributed by atoms with Crippen LogP contribution in [0, 0.1) is 12.7 Å². The Morgan fingerprint density at radius 1 is 1.37 bits per heavy atom. The number of benzene rings is 1. The Kier molecular flexibility index (Phi) is 5.13. The first kappa shape index (κ1) is 14.7. The Morgan fingerprint density at radius 3 is 2.74 bits per heavy atom. The smallest absolute Gasteiger partial charge is 0.126 e. The fourth-order valence-electron chi connectivity index (χ4n) is 1.98. The van der Waals surface area contributed by atoms with E-state index in [-0.39, 0.29) is 11.9 Å². The molecular formula is C15H17BrFNS. The van der Waals surface area contributed by atoms with Gasteiger partial charge in [-0.05, 0) is 64.0 Å². The van der Waals surface area contributed by atoms with Crippen LogP contribution in [0.15, 0.2) is 33.4 Å². The highest BCUT2D eigenvalue weighted by Gasteiger charge is 2.17. The van der Waals surface area contributed by atoms with Crippen molar-refractivity contribution in [1.29, 1.82) is 0 Å². The first-order valence-corrected chi connectivity index (χ1v) is 8.08. The highest BCUT2D eigenvalue weighted by molar-refractivity contribution is 9.10. The van der Waals surface area contributed by atoms with Gasteiger partial charge in [0, 0.05) is 9.85 Å². The lowest BCUT2D eigenvalue weighted by atomic mass is 9.99. The number of thiophene rings is 1. The van der Waals surface area contributed by atoms with Crippen LogP contribution in [0.5, 0.6) is 0 Å². The van der Waals surface area contributed by atoms with E-state index in [1.807, 2.05) is 12.1 Å². The molecule has 1 unspecified atom stereocenters. The van der Waals surface area contributed by atoms with E-state index in [1.54, 1.807) is 24.3 Å². The summed E-state index contributed by atoms with van der Waals surface area (Å²) in [6, 6.07) is 5.50. The zero-order valence-electron chi connectivity index (χ0n) is 11.0. The monoisotopic (exact) mass is 341 g/mol. The largest absolute Gasteiger partial charge is 0.306 e. The Balaban J connectivity index is 2.37. The number of rotatable bonds is 5. The first-order valence-electron chi connectivity index (χ1n) is 6.34. The molecule has 1 nitrogen and oxygen atoms in total. The summed E-state index contributed by atoms with van der Waals surface area (Å²) in [5.41, 5.74) is 2.82. The second kappa shape index (κ2) is 6.64. The van der Waals surface area contributed by atoms with Crippen LogP contribution in [0.4, 0.5) is 4.39 Å². The molecule has 0 bridgehead atoms. The van der Waals surface area contributed by atoms with Crippen molar-refractivity contribution in [3.63, 3.8) is 0 Å². The maximum atomic E-state index is 13.8. The van der Waals surface area contributed by atoms with Crippen LogP contribution in [0.25, 0.3) is 0 Å². The minimum atomic E-state index is -0.146. The van der Waals surface area contributed by atoms with Gasteiger partial charge in [-0.2, -0.15) is 11.3 Å². The third-order valence-electron chi connectivity index (χ3n) is 3.08. The molecule has 1 atom stereocenters. The zero-order valence-corrected chi connectivity index (χ0v) is 13.4. The van der Waals surface area contributed by atoms with Gasteiger partial charge in [-0.25, -0.2) is 4.39 Å². The maximum absolute atomic E-state index is 13.8. The number of nitrogens with one attached hydrogen (secondary N) is 1. The molecule has 0 spiro atoms. The summed E-state index contributed by atoms with van der Waals surface area (Å²) in [5.74, 6) is -0.146. The van der Waals surface area contributed by atoms with E-state index in [0.29, 0.717) is 5.56 Å². The zero-order chi connectivity index (χ0) is 13.8. The van der Waals surface area contributed by atoms with E-state index in [2.05, 4.69) is 38.9 Å². The van der Waals surface area contributed by atoms with Gasteiger partial charge in [0.05, 0.1) is 6.04 Å². The van der Waals surface area contributed by atoms with E-state index in [4.69, 9.17) is 0 Å². The average Bonchev–Trinajstić information content (AvgIpc) is 2.80. The van der Waals surface area contributed by atoms with Crippen LogP contribution < -0.4 is 5.32 Å². The van der Waals surface area contributed by atoms with Crippen LogP contribution in [0.1, 0.15) is 36.1 Å². The maximum Gasteiger partial charge on any atom is 0.126 e. The molecule has 0 aliphatic rings. The fraction of sp³-hybridized carbons (Fsp3) is 0.333. The third-order valence-corrected chi connectivity index (χ3v) is 4.83. The molecule has 0 fully saturated rings. The molecule has 0 radical (unpaired) electrons. The molecule has 102 valence electrons. The van der Waals surface area contributed by atoms with Gasteiger partial charge in [0.1, 0.15) is 5.82 Å². The van der Waals surface area contributed by atoms with Crippen molar-refractivity contribution in [3.05, 3.63) is 55.9 Å². The molecule has 0 aliphatic carbocycles. The van der Waals surface area contributed by atoms with Crippen molar-refractivity contribution in [2.75, 3.05) is 6.54 Å². The Labute approximate surface area is 126 Å². The van der Waals surface area contributed by atoms with Crippen LogP contribution in [-0.2, 0) is 0 Å². The SMILES string of the molecule is CCCNC(c1ccc(C)c(F)c1)c1cscc1Br. The van der Waals surface area contributed by atoms with Crippen LogP contribution in [-0.4, -0.2) is 6.54 Å². The predicted molar refractivity (Wildman–Crippen MR) is 83.3 cm³/mol. The predicted octanol–water partition coefficient (Wildman–Crippen LogP) is 5.05. The normalized spacial score (nSPS) is 12.6. The number of hydrogen-bond acceptors (Lipinski definition) is 2. The lowest BCUT2D eigenvalue weighted by Gasteiger charge is -2.19. The average molecular weight is 342 g/mol. The van der Waals surface area contributed by atoms with Crippen molar-refractivity contribution in [2.24, 2.45) is 0 Å². The van der Waals surface area contributed by atoms with Crippen molar-refractivity contribution in [1.82, 2.24) is 5.32 Å². The lowest BCUT2D eigenvalue weighted by Crippen LogP contribution is -2.23. The summed E-state index contributed by atoms with van der Waals surface area (Å²) in [4.78, 5) is 0. The van der Waals surface area contributed by atoms with Gasteiger partial charge in [-0.1, -0.05) is 19.1 Å². The van der Waals surface area contributed by atoms with E-state index in [1.165, 1.54) is 5.56 Å². The van der Waals surface area contributed by atoms with Crippen LogP contribution in [0.3, 0.4) is 0 Å². The lowest BCUT2D eigenvalue weighted by molar-refractivity contribution is 0.582. The van der Waals surface area contributed by atoms with Crippen LogP contribution >= 0.6 is 27.3 Å². The van der Waals surface area contributed by atoms with E-state index in [9.17, 15) is 4.39 Å². The van der Waals surface area contributed by atoms with Crippen molar-refractivity contribution in [2.45, 2.75) is 26.3 Å². The van der Waals surface area contributed by atoms with Crippen molar-refractivity contribution >= 4 is 27.3 Å². The molecule has 19 heavy (non-hydrogen) atoms. The van der Waals surface area contributed by atoms with E-state index >= 15 is 0 Å². The van der Waals surface area contributed by atoms with Gasteiger partial charge >= 0.3 is 0 Å². The molecular weight excluding hydrogens is 325 g/mol. The molecule has 2 aromatic rings. The molecule has 1 N–H and O–H groups in total. The standard InChI is InChI=1S/C15H17BrFNS/c1-3-6-18-15(12-8-19-9-13(12)16)11-5-4-10(2)14(17)7-11/h4-5,7-9,15,18H,3,6H2,1-2H3. The summed E-state index contributed by atoms with van der Waals surface area (Å²) in [5, 5.41) is 7.65. The summed E-state index contributed by atoms with van der Waals surface area (Å²) >= 11 is 5.22. The van der Waals surface area contributed by atoms with Crippen molar-refractivity contribution < 1.29 is 4.39 Å². The summed E-state index contributed by atoms with van der Waals surface area (Å²) in [6.07, 6.45) is 1.05. The molecule has 0 saturated heterocycles. The van der Waals surface area contributed by atoms with Gasteiger partial charge < -0.3 is 5.32 Å². The van der Waals surface area contributed by atoms with Gasteiger partial charge in [0.15, 0.2) is 0 Å². The minimum Gasteiger partial charge on any atom is -0.306 e. The topological polar surface area (TPSA) is 12.0 Å². The molecule has 1 aromatic heterocycles. The van der Waals surface area contributed by atoms with Gasteiger partial charge in [-0.15, -0.1) is 0 Å². The van der Waals surface area contributed by atoms with Gasteiger partial charge in [-0.3, -0.25) is 0 Å². The number of halogens is 2. The highest BCUT2D eigenvalue weighted by Crippen LogP contribution is 2.32. The Hall–Kier alpha value is -0.710. The molecule has 0 aliphatic heterocycles. The number of aryl methyl sites for hydroxylation is 1. The summed E-state index contributed by atoms with van der Waals surface area (Å²) in [7, 11) is 0. The third kappa shape index (κ3) is 3.44. The summed E-state index contributed by atoms with van der Waals surface area (Å²) in [6.45, 7) is 4.82. The molecule has 2 rings (SSSR count). The minimum absolute atomic E-state index is 0.0377. The van der Waals surface area contributed by atoms with Gasteiger partial charge in [0.25, 0.3) is 0 Å². The molecule has 1 heterocycles. The summed E-state index contributed by atoms with van der Waals surface area (Å²) < 4.78 is 14.8. The van der Waals surface area contributed by atoms with Crippen molar-refractivity contribution in [3.8, 4) is 0 Å². The van der Waals surface area contributed by atoms with E-state index < -0.39 is 0 Å². The van der Waals surface area contributed by atoms with Gasteiger partial charge in [0.2, 0.25) is 0 Å². The first-order chi connectivity index (χ1) is 9.13. The Bertz CT molecular complexity index is 553. The quantitative estimate of drug-likeness (QED) is 0.802. The fourth-order valence-corrected chi connectivity index (χ4v) is 3.53. The number of hydrogen-bond donors (Lipinski definition) is 1. The highest BCUT2D eigenvalue weighted by atomic mass is 79.9. The molecule has 4 heteroatoms. The molecule has 1 aromatic carbocycles. The Morgan fingerprint density at radius 2 is 2.16 bits per heavy atom. The second-order valence-electron chi connectivity index (χ2n) is 4.57.